The highest BCUT2D eigenvalue weighted by Crippen LogP contribution is 2.21. The highest BCUT2D eigenvalue weighted by molar-refractivity contribution is 5.60. The molecule has 0 bridgehead atoms. The zero-order valence-corrected chi connectivity index (χ0v) is 11.0. The number of allylic oxidation sites excluding steroid dienone is 1. The van der Waals surface area contributed by atoms with Crippen LogP contribution in [0.2, 0.25) is 0 Å². The largest absolute Gasteiger partial charge is 0.0795 e. The Morgan fingerprint density at radius 2 is 1.82 bits per heavy atom. The maximum atomic E-state index is 2.38. The average Bonchev–Trinajstić information content (AvgIpc) is 2.81. The minimum absolute atomic E-state index is 1.13. The van der Waals surface area contributed by atoms with Crippen LogP contribution in [0, 0.1) is 0 Å². The zero-order chi connectivity index (χ0) is 11.9. The number of aryl methyl sites for hydroxylation is 1. The summed E-state index contributed by atoms with van der Waals surface area (Å²) >= 11 is 0. The SMILES string of the molecule is CCCCCCCCc1ccc2c(c1)C=CC2. The number of unbranched alkanes of at least 4 members (excludes halogenated alkanes) is 5. The van der Waals surface area contributed by atoms with Crippen LogP contribution in [-0.2, 0) is 12.8 Å². The van der Waals surface area contributed by atoms with E-state index in [-0.39, 0.29) is 0 Å². The van der Waals surface area contributed by atoms with Crippen LogP contribution in [0.15, 0.2) is 24.3 Å². The lowest BCUT2D eigenvalue weighted by atomic mass is 10.0. The molecule has 1 aliphatic rings. The average molecular weight is 228 g/mol. The fraction of sp³-hybridized carbons (Fsp3) is 0.529. The Hall–Kier alpha value is -1.04. The first-order valence-electron chi connectivity index (χ1n) is 7.18. The third-order valence-corrected chi connectivity index (χ3v) is 3.66. The van der Waals surface area contributed by atoms with Crippen molar-refractivity contribution in [3.05, 3.63) is 41.0 Å². The van der Waals surface area contributed by atoms with Crippen molar-refractivity contribution < 1.29 is 0 Å². The summed E-state index contributed by atoms with van der Waals surface area (Å²) in [7, 11) is 0. The second kappa shape index (κ2) is 6.64. The molecule has 0 atom stereocenters. The van der Waals surface area contributed by atoms with Crippen LogP contribution >= 0.6 is 0 Å². The van der Waals surface area contributed by atoms with Crippen LogP contribution in [0.4, 0.5) is 0 Å². The summed E-state index contributed by atoms with van der Waals surface area (Å²) in [6.45, 7) is 2.28. The Bertz CT molecular complexity index is 374. The molecule has 0 N–H and O–H groups in total. The Labute approximate surface area is 106 Å². The van der Waals surface area contributed by atoms with Crippen LogP contribution < -0.4 is 0 Å². The van der Waals surface area contributed by atoms with Crippen LogP contribution in [0.5, 0.6) is 0 Å². The van der Waals surface area contributed by atoms with Gasteiger partial charge in [0.1, 0.15) is 0 Å². The summed E-state index contributed by atoms with van der Waals surface area (Å²) in [5.41, 5.74) is 4.47. The lowest BCUT2D eigenvalue weighted by molar-refractivity contribution is 0.607. The quantitative estimate of drug-likeness (QED) is 0.565. The van der Waals surface area contributed by atoms with Gasteiger partial charge in [0.05, 0.1) is 0 Å². The van der Waals surface area contributed by atoms with Gasteiger partial charge in [0.2, 0.25) is 0 Å². The van der Waals surface area contributed by atoms with Gasteiger partial charge < -0.3 is 0 Å². The third-order valence-electron chi connectivity index (χ3n) is 3.66. The first kappa shape index (κ1) is 12.4. The van der Waals surface area contributed by atoms with Gasteiger partial charge in [0.15, 0.2) is 0 Å². The van der Waals surface area contributed by atoms with Crippen LogP contribution in [0.3, 0.4) is 0 Å². The van der Waals surface area contributed by atoms with Crippen molar-refractivity contribution in [1.82, 2.24) is 0 Å². The van der Waals surface area contributed by atoms with E-state index in [0.717, 1.165) is 6.42 Å². The molecule has 0 amide bonds. The number of hydrogen-bond acceptors (Lipinski definition) is 0. The molecular weight excluding hydrogens is 204 g/mol. The Kier molecular flexibility index (Phi) is 4.85. The molecule has 0 aliphatic heterocycles. The normalized spacial score (nSPS) is 13.0. The number of hydrogen-bond donors (Lipinski definition) is 0. The molecule has 0 saturated carbocycles. The minimum atomic E-state index is 1.13. The lowest BCUT2D eigenvalue weighted by Gasteiger charge is -2.05. The summed E-state index contributed by atoms with van der Waals surface area (Å²) in [6.07, 6.45) is 15.3. The van der Waals surface area contributed by atoms with E-state index in [1.807, 2.05) is 0 Å². The Morgan fingerprint density at radius 1 is 1.00 bits per heavy atom. The van der Waals surface area contributed by atoms with Crippen LogP contribution in [-0.4, -0.2) is 0 Å². The maximum absolute atomic E-state index is 2.38. The molecule has 0 aromatic heterocycles. The molecule has 1 aliphatic carbocycles. The fourth-order valence-corrected chi connectivity index (χ4v) is 2.56. The van der Waals surface area contributed by atoms with Crippen LogP contribution in [0.25, 0.3) is 6.08 Å². The molecule has 0 fully saturated rings. The van der Waals surface area contributed by atoms with Crippen molar-refractivity contribution in [3.63, 3.8) is 0 Å². The smallest absolute Gasteiger partial charge is 0.00882 e. The van der Waals surface area contributed by atoms with E-state index in [1.165, 1.54) is 61.6 Å². The van der Waals surface area contributed by atoms with Crippen molar-refractivity contribution in [3.8, 4) is 0 Å². The van der Waals surface area contributed by atoms with E-state index in [0.29, 0.717) is 0 Å². The molecule has 0 radical (unpaired) electrons. The van der Waals surface area contributed by atoms with Crippen molar-refractivity contribution >= 4 is 6.08 Å². The van der Waals surface area contributed by atoms with Gasteiger partial charge in [-0.25, -0.2) is 0 Å². The number of rotatable bonds is 7. The zero-order valence-electron chi connectivity index (χ0n) is 11.0. The first-order chi connectivity index (χ1) is 8.40. The van der Waals surface area contributed by atoms with Gasteiger partial charge in [0, 0.05) is 0 Å². The molecule has 0 spiro atoms. The fourth-order valence-electron chi connectivity index (χ4n) is 2.56. The molecule has 2 rings (SSSR count). The van der Waals surface area contributed by atoms with E-state index in [4.69, 9.17) is 0 Å². The predicted molar refractivity (Wildman–Crippen MR) is 76.3 cm³/mol. The molecule has 92 valence electrons. The topological polar surface area (TPSA) is 0 Å². The standard InChI is InChI=1S/C17H24/c1-2-3-4-5-6-7-9-15-12-13-16-10-8-11-17(16)14-15/h8,11-14H,2-7,9-10H2,1H3. The van der Waals surface area contributed by atoms with Gasteiger partial charge in [-0.05, 0) is 36.0 Å². The predicted octanol–water partition coefficient (Wildman–Crippen LogP) is 5.16. The molecule has 0 saturated heterocycles. The third kappa shape index (κ3) is 3.73. The summed E-state index contributed by atoms with van der Waals surface area (Å²) in [5, 5.41) is 0. The Morgan fingerprint density at radius 3 is 2.71 bits per heavy atom. The molecule has 1 aromatic carbocycles. The molecule has 1 aromatic rings. The van der Waals surface area contributed by atoms with E-state index in [2.05, 4.69) is 37.3 Å². The molecule has 0 heteroatoms. The first-order valence-corrected chi connectivity index (χ1v) is 7.18. The van der Waals surface area contributed by atoms with Gasteiger partial charge >= 0.3 is 0 Å². The molecule has 0 nitrogen and oxygen atoms in total. The lowest BCUT2D eigenvalue weighted by Crippen LogP contribution is -1.89. The number of fused-ring (bicyclic) bond motifs is 1. The number of benzene rings is 1. The van der Waals surface area contributed by atoms with Crippen molar-refractivity contribution in [2.24, 2.45) is 0 Å². The Balaban J connectivity index is 1.70. The summed E-state index contributed by atoms with van der Waals surface area (Å²) in [4.78, 5) is 0. The van der Waals surface area contributed by atoms with Crippen molar-refractivity contribution in [2.75, 3.05) is 0 Å². The summed E-state index contributed by atoms with van der Waals surface area (Å²) in [6, 6.07) is 7.00. The van der Waals surface area contributed by atoms with E-state index in [1.54, 1.807) is 0 Å². The monoisotopic (exact) mass is 228 g/mol. The van der Waals surface area contributed by atoms with Gasteiger partial charge in [-0.2, -0.15) is 0 Å². The highest BCUT2D eigenvalue weighted by atomic mass is 14.1. The molecular formula is C17H24. The van der Waals surface area contributed by atoms with Gasteiger partial charge in [0.25, 0.3) is 0 Å². The van der Waals surface area contributed by atoms with Gasteiger partial charge in [-0.15, -0.1) is 0 Å². The van der Waals surface area contributed by atoms with Crippen LogP contribution in [0.1, 0.15) is 62.1 Å². The molecule has 17 heavy (non-hydrogen) atoms. The molecule has 0 heterocycles. The summed E-state index contributed by atoms with van der Waals surface area (Å²) in [5.74, 6) is 0. The molecule has 0 unspecified atom stereocenters. The van der Waals surface area contributed by atoms with Gasteiger partial charge in [-0.1, -0.05) is 69.4 Å². The van der Waals surface area contributed by atoms with E-state index < -0.39 is 0 Å². The second-order valence-corrected chi connectivity index (χ2v) is 5.16. The van der Waals surface area contributed by atoms with Crippen molar-refractivity contribution in [2.45, 2.75) is 58.3 Å². The highest BCUT2D eigenvalue weighted by Gasteiger charge is 2.04. The van der Waals surface area contributed by atoms with E-state index in [9.17, 15) is 0 Å². The maximum Gasteiger partial charge on any atom is -0.00882 e. The van der Waals surface area contributed by atoms with E-state index >= 15 is 0 Å². The van der Waals surface area contributed by atoms with Crippen molar-refractivity contribution in [1.29, 1.82) is 0 Å². The summed E-state index contributed by atoms with van der Waals surface area (Å²) < 4.78 is 0. The van der Waals surface area contributed by atoms with Gasteiger partial charge in [-0.3, -0.25) is 0 Å². The second-order valence-electron chi connectivity index (χ2n) is 5.16. The minimum Gasteiger partial charge on any atom is -0.0795 e.